The third-order valence-electron chi connectivity index (χ3n) is 5.18. The van der Waals surface area contributed by atoms with Crippen molar-refractivity contribution in [1.29, 1.82) is 0 Å². The number of nitrogens with one attached hydrogen (secondary N) is 1. The summed E-state index contributed by atoms with van der Waals surface area (Å²) in [6.45, 7) is 5.51. The molecule has 3 aromatic rings. The summed E-state index contributed by atoms with van der Waals surface area (Å²) in [5.74, 6) is -0.197. The zero-order chi connectivity index (χ0) is 20.4. The van der Waals surface area contributed by atoms with Gasteiger partial charge >= 0.3 is 0 Å². The van der Waals surface area contributed by atoms with E-state index in [9.17, 15) is 13.2 Å². The van der Waals surface area contributed by atoms with Gasteiger partial charge in [-0.15, -0.1) is 11.3 Å². The Morgan fingerprint density at radius 1 is 1.03 bits per heavy atom. The number of nitrogens with zero attached hydrogens (tertiary/aromatic N) is 2. The molecule has 29 heavy (non-hydrogen) atoms. The number of sulfonamides is 1. The molecular weight excluding hydrogens is 406 g/mol. The van der Waals surface area contributed by atoms with Crippen molar-refractivity contribution in [2.75, 3.05) is 38.0 Å². The Hall–Kier alpha value is -2.26. The molecule has 1 fully saturated rings. The van der Waals surface area contributed by atoms with E-state index in [0.29, 0.717) is 23.7 Å². The molecule has 6 nitrogen and oxygen atoms in total. The Morgan fingerprint density at radius 2 is 1.72 bits per heavy atom. The van der Waals surface area contributed by atoms with Gasteiger partial charge < -0.3 is 10.2 Å². The molecule has 1 amide bonds. The highest BCUT2D eigenvalue weighted by Gasteiger charge is 2.27. The number of amides is 1. The van der Waals surface area contributed by atoms with Gasteiger partial charge in [0.1, 0.15) is 0 Å². The number of carbonyl (C=O) groups excluding carboxylic acids is 1. The maximum Gasteiger partial charge on any atom is 0.265 e. The van der Waals surface area contributed by atoms with E-state index in [1.807, 2.05) is 30.3 Å². The van der Waals surface area contributed by atoms with Gasteiger partial charge in [-0.25, -0.2) is 8.42 Å². The van der Waals surface area contributed by atoms with Gasteiger partial charge in [-0.1, -0.05) is 25.1 Å². The van der Waals surface area contributed by atoms with E-state index in [0.717, 1.165) is 29.7 Å². The first-order valence-corrected chi connectivity index (χ1v) is 11.9. The normalized spacial score (nSPS) is 16.2. The summed E-state index contributed by atoms with van der Waals surface area (Å²) in [5.41, 5.74) is 0.571. The van der Waals surface area contributed by atoms with E-state index in [1.165, 1.54) is 15.6 Å². The quantitative estimate of drug-likeness (QED) is 0.674. The lowest BCUT2D eigenvalue weighted by Crippen LogP contribution is -2.48. The molecule has 8 heteroatoms. The second kappa shape index (κ2) is 8.23. The van der Waals surface area contributed by atoms with Crippen LogP contribution in [-0.4, -0.2) is 56.3 Å². The lowest BCUT2D eigenvalue weighted by atomic mass is 10.2. The zero-order valence-electron chi connectivity index (χ0n) is 16.2. The lowest BCUT2D eigenvalue weighted by molar-refractivity contribution is 0.103. The van der Waals surface area contributed by atoms with E-state index >= 15 is 0 Å². The van der Waals surface area contributed by atoms with Gasteiger partial charge in [-0.3, -0.25) is 4.79 Å². The van der Waals surface area contributed by atoms with Gasteiger partial charge in [0.25, 0.3) is 5.91 Å². The number of thiophene rings is 1. The molecule has 0 bridgehead atoms. The summed E-state index contributed by atoms with van der Waals surface area (Å²) in [7, 11) is -3.51. The first-order valence-electron chi connectivity index (χ1n) is 9.60. The summed E-state index contributed by atoms with van der Waals surface area (Å²) in [6.07, 6.45) is 0. The minimum atomic E-state index is -3.51. The highest BCUT2D eigenvalue weighted by Crippen LogP contribution is 2.26. The van der Waals surface area contributed by atoms with Crippen molar-refractivity contribution in [2.45, 2.75) is 11.8 Å². The fourth-order valence-corrected chi connectivity index (χ4v) is 5.81. The standard InChI is InChI=1S/C21H23N3O3S2/c1-2-23-11-13-24(14-12-23)29(26,27)18-9-7-17(8-10-18)22-21(25)20-15-16-5-3-4-6-19(16)28-20/h3-10,15H,2,11-14H2,1H3,(H,22,25). The van der Waals surface area contributed by atoms with Crippen LogP contribution in [0.5, 0.6) is 0 Å². The van der Waals surface area contributed by atoms with Crippen LogP contribution in [0, 0.1) is 0 Å². The minimum absolute atomic E-state index is 0.197. The molecule has 0 aliphatic carbocycles. The molecule has 2 aromatic carbocycles. The molecule has 1 saturated heterocycles. The van der Waals surface area contributed by atoms with E-state index in [1.54, 1.807) is 24.3 Å². The smallest absolute Gasteiger partial charge is 0.265 e. The predicted octanol–water partition coefficient (Wildman–Crippen LogP) is 3.48. The van der Waals surface area contributed by atoms with Crippen molar-refractivity contribution in [3.63, 3.8) is 0 Å². The Bertz CT molecular complexity index is 1080. The monoisotopic (exact) mass is 429 g/mol. The van der Waals surface area contributed by atoms with Crippen molar-refractivity contribution in [3.05, 3.63) is 59.5 Å². The van der Waals surface area contributed by atoms with Gasteiger partial charge in [0.15, 0.2) is 0 Å². The zero-order valence-corrected chi connectivity index (χ0v) is 17.8. The molecule has 1 N–H and O–H groups in total. The molecule has 1 aliphatic heterocycles. The fraction of sp³-hybridized carbons (Fsp3) is 0.286. The molecule has 0 unspecified atom stereocenters. The van der Waals surface area contributed by atoms with Crippen molar-refractivity contribution in [2.24, 2.45) is 0 Å². The fourth-order valence-electron chi connectivity index (χ4n) is 3.43. The molecule has 4 rings (SSSR count). The van der Waals surface area contributed by atoms with Crippen LogP contribution >= 0.6 is 11.3 Å². The van der Waals surface area contributed by atoms with Gasteiger partial charge in [0.2, 0.25) is 10.0 Å². The summed E-state index contributed by atoms with van der Waals surface area (Å²) in [4.78, 5) is 15.6. The summed E-state index contributed by atoms with van der Waals surface area (Å²) >= 11 is 1.43. The second-order valence-electron chi connectivity index (χ2n) is 6.97. The van der Waals surface area contributed by atoms with E-state index in [-0.39, 0.29) is 10.8 Å². The highest BCUT2D eigenvalue weighted by molar-refractivity contribution is 7.89. The van der Waals surface area contributed by atoms with E-state index in [4.69, 9.17) is 0 Å². The SMILES string of the molecule is CCN1CCN(S(=O)(=O)c2ccc(NC(=O)c3cc4ccccc4s3)cc2)CC1. The van der Waals surface area contributed by atoms with Crippen LogP contribution in [0.15, 0.2) is 59.5 Å². The largest absolute Gasteiger partial charge is 0.321 e. The number of piperazine rings is 1. The summed E-state index contributed by atoms with van der Waals surface area (Å²) in [5, 5.41) is 3.88. The van der Waals surface area contributed by atoms with Gasteiger partial charge in [0.05, 0.1) is 9.77 Å². The Labute approximate surface area is 174 Å². The molecule has 152 valence electrons. The molecular formula is C21H23N3O3S2. The first kappa shape index (κ1) is 20.0. The van der Waals surface area contributed by atoms with Crippen LogP contribution in [0.25, 0.3) is 10.1 Å². The topological polar surface area (TPSA) is 69.7 Å². The Balaban J connectivity index is 1.45. The third-order valence-corrected chi connectivity index (χ3v) is 8.21. The van der Waals surface area contributed by atoms with Crippen LogP contribution in [0.1, 0.15) is 16.6 Å². The number of carbonyl (C=O) groups is 1. The van der Waals surface area contributed by atoms with E-state index < -0.39 is 10.0 Å². The second-order valence-corrected chi connectivity index (χ2v) is 9.99. The van der Waals surface area contributed by atoms with Crippen molar-refractivity contribution in [3.8, 4) is 0 Å². The Morgan fingerprint density at radius 3 is 2.38 bits per heavy atom. The van der Waals surface area contributed by atoms with Crippen LogP contribution in [0.2, 0.25) is 0 Å². The van der Waals surface area contributed by atoms with Crippen molar-refractivity contribution in [1.82, 2.24) is 9.21 Å². The summed E-state index contributed by atoms with van der Waals surface area (Å²) < 4.78 is 28.3. The number of likely N-dealkylation sites (N-methyl/N-ethyl adjacent to an activating group) is 1. The lowest BCUT2D eigenvalue weighted by Gasteiger charge is -2.33. The number of hydrogen-bond acceptors (Lipinski definition) is 5. The number of hydrogen-bond donors (Lipinski definition) is 1. The van der Waals surface area contributed by atoms with Crippen LogP contribution < -0.4 is 5.32 Å². The molecule has 0 atom stereocenters. The first-order chi connectivity index (χ1) is 14.0. The molecule has 1 aromatic heterocycles. The number of anilines is 1. The van der Waals surface area contributed by atoms with Crippen LogP contribution in [-0.2, 0) is 10.0 Å². The van der Waals surface area contributed by atoms with E-state index in [2.05, 4.69) is 17.1 Å². The van der Waals surface area contributed by atoms with Crippen LogP contribution in [0.4, 0.5) is 5.69 Å². The molecule has 2 heterocycles. The minimum Gasteiger partial charge on any atom is -0.321 e. The maximum atomic E-state index is 12.9. The highest BCUT2D eigenvalue weighted by atomic mass is 32.2. The average molecular weight is 430 g/mol. The predicted molar refractivity (Wildman–Crippen MR) is 117 cm³/mol. The molecule has 0 saturated carbocycles. The number of benzene rings is 2. The maximum absolute atomic E-state index is 12.9. The molecule has 0 spiro atoms. The van der Waals surface area contributed by atoms with Crippen LogP contribution in [0.3, 0.4) is 0 Å². The summed E-state index contributed by atoms with van der Waals surface area (Å²) in [6, 6.07) is 16.1. The Kier molecular flexibility index (Phi) is 5.69. The third kappa shape index (κ3) is 4.20. The number of fused-ring (bicyclic) bond motifs is 1. The van der Waals surface area contributed by atoms with Gasteiger partial charge in [-0.2, -0.15) is 4.31 Å². The van der Waals surface area contributed by atoms with Crippen molar-refractivity contribution >= 4 is 43.0 Å². The van der Waals surface area contributed by atoms with Gasteiger partial charge in [-0.05, 0) is 48.3 Å². The molecule has 0 radical (unpaired) electrons. The molecule has 1 aliphatic rings. The van der Waals surface area contributed by atoms with Gasteiger partial charge in [0, 0.05) is 36.6 Å². The average Bonchev–Trinajstić information content (AvgIpc) is 3.19. The van der Waals surface area contributed by atoms with Crippen molar-refractivity contribution < 1.29 is 13.2 Å². The number of rotatable bonds is 5.